The van der Waals surface area contributed by atoms with Gasteiger partial charge in [-0.3, -0.25) is 0 Å². The molecule has 3 nitrogen and oxygen atoms in total. The minimum atomic E-state index is 0.239. The Morgan fingerprint density at radius 3 is 3.39 bits per heavy atom. The number of thiophene rings is 1. The maximum absolute atomic E-state index is 5.58. The molecule has 96 valence electrons. The van der Waals surface area contributed by atoms with Gasteiger partial charge in [-0.2, -0.15) is 0 Å². The number of thiocarbonyl (C=S) groups is 1. The van der Waals surface area contributed by atoms with Gasteiger partial charge in [0, 0.05) is 25.3 Å². The van der Waals surface area contributed by atoms with E-state index in [1.165, 1.54) is 12.0 Å². The molecule has 3 heterocycles. The van der Waals surface area contributed by atoms with E-state index in [1.54, 1.807) is 11.3 Å². The van der Waals surface area contributed by atoms with Gasteiger partial charge in [0.05, 0.1) is 11.1 Å². The second-order valence-electron chi connectivity index (χ2n) is 4.72. The number of ether oxygens (including phenoxy) is 1. The van der Waals surface area contributed by atoms with Crippen LogP contribution in [0.25, 0.3) is 0 Å². The van der Waals surface area contributed by atoms with Crippen molar-refractivity contribution in [3.05, 3.63) is 17.0 Å². The van der Waals surface area contributed by atoms with Crippen molar-refractivity contribution in [3.8, 4) is 0 Å². The van der Waals surface area contributed by atoms with E-state index < -0.39 is 0 Å². The Balaban J connectivity index is 1.54. The summed E-state index contributed by atoms with van der Waals surface area (Å²) in [6.07, 6.45) is 5.59. The van der Waals surface area contributed by atoms with Crippen LogP contribution in [0.2, 0.25) is 0 Å². The molecule has 0 aliphatic carbocycles. The van der Waals surface area contributed by atoms with Crippen molar-refractivity contribution in [2.45, 2.75) is 25.4 Å². The number of aliphatic imine (C=N–C) groups is 1. The maximum Gasteiger partial charge on any atom is 0.118 e. The molecule has 2 unspecified atom stereocenters. The molecule has 5 heteroatoms. The quantitative estimate of drug-likeness (QED) is 0.864. The Morgan fingerprint density at radius 2 is 2.56 bits per heavy atom. The molecule has 0 radical (unpaired) electrons. The number of fused-ring (bicyclic) bond motifs is 1. The normalized spacial score (nSPS) is 26.0. The Hall–Kier alpha value is -0.780. The van der Waals surface area contributed by atoms with Crippen LogP contribution >= 0.6 is 23.6 Å². The Kier molecular flexibility index (Phi) is 3.72. The number of hydrogen-bond acceptors (Lipinski definition) is 4. The lowest BCUT2D eigenvalue weighted by Crippen LogP contribution is -2.36. The number of rotatable bonds is 3. The summed E-state index contributed by atoms with van der Waals surface area (Å²) < 4.78 is 5.58. The Bertz CT molecular complexity index is 463. The van der Waals surface area contributed by atoms with Crippen LogP contribution in [0.15, 0.2) is 16.4 Å². The predicted octanol–water partition coefficient (Wildman–Crippen LogP) is 2.72. The zero-order valence-corrected chi connectivity index (χ0v) is 11.7. The van der Waals surface area contributed by atoms with Gasteiger partial charge in [0.2, 0.25) is 0 Å². The summed E-state index contributed by atoms with van der Waals surface area (Å²) in [5.41, 5.74) is 1.31. The molecule has 2 atom stereocenters. The first kappa shape index (κ1) is 12.3. The lowest BCUT2D eigenvalue weighted by atomic mass is 10.00. The van der Waals surface area contributed by atoms with E-state index in [0.717, 1.165) is 36.0 Å². The summed E-state index contributed by atoms with van der Waals surface area (Å²) in [7, 11) is 0. The summed E-state index contributed by atoms with van der Waals surface area (Å²) >= 11 is 7.15. The third-order valence-electron chi connectivity index (χ3n) is 3.40. The molecule has 2 aliphatic heterocycles. The molecule has 2 aliphatic rings. The van der Waals surface area contributed by atoms with Gasteiger partial charge in [-0.15, -0.1) is 11.3 Å². The van der Waals surface area contributed by atoms with E-state index in [-0.39, 0.29) is 5.92 Å². The van der Waals surface area contributed by atoms with Crippen LogP contribution in [0.1, 0.15) is 18.4 Å². The molecule has 1 aromatic rings. The van der Waals surface area contributed by atoms with Crippen molar-refractivity contribution < 1.29 is 4.74 Å². The summed E-state index contributed by atoms with van der Waals surface area (Å²) in [4.78, 5) is 5.36. The van der Waals surface area contributed by atoms with Gasteiger partial charge in [-0.1, -0.05) is 12.2 Å². The largest absolute Gasteiger partial charge is 0.377 e. The van der Waals surface area contributed by atoms with E-state index in [2.05, 4.69) is 21.8 Å². The van der Waals surface area contributed by atoms with Crippen molar-refractivity contribution in [1.82, 2.24) is 5.32 Å². The summed E-state index contributed by atoms with van der Waals surface area (Å²) in [6.45, 7) is 1.72. The molecular weight excluding hydrogens is 264 g/mol. The van der Waals surface area contributed by atoms with Crippen molar-refractivity contribution in [2.75, 3.05) is 13.2 Å². The average Bonchev–Trinajstić information content (AvgIpc) is 3.05. The summed E-state index contributed by atoms with van der Waals surface area (Å²) in [6, 6.07) is 2.15. The molecule has 0 saturated carbocycles. The van der Waals surface area contributed by atoms with Crippen molar-refractivity contribution in [1.29, 1.82) is 0 Å². The third-order valence-corrected chi connectivity index (χ3v) is 4.71. The summed E-state index contributed by atoms with van der Waals surface area (Å²) in [5.74, 6) is 0.239. The van der Waals surface area contributed by atoms with Crippen LogP contribution in [0.3, 0.4) is 0 Å². The Morgan fingerprint density at radius 1 is 1.61 bits per heavy atom. The molecular formula is C13H16N2OS2. The molecule has 0 amide bonds. The minimum Gasteiger partial charge on any atom is -0.377 e. The van der Waals surface area contributed by atoms with Gasteiger partial charge in [0.25, 0.3) is 0 Å². The first-order valence-electron chi connectivity index (χ1n) is 6.33. The zero-order chi connectivity index (χ0) is 12.4. The smallest absolute Gasteiger partial charge is 0.118 e. The van der Waals surface area contributed by atoms with E-state index in [0.29, 0.717) is 6.10 Å². The first-order valence-corrected chi connectivity index (χ1v) is 7.61. The van der Waals surface area contributed by atoms with E-state index in [4.69, 9.17) is 17.0 Å². The Labute approximate surface area is 116 Å². The average molecular weight is 280 g/mol. The molecule has 18 heavy (non-hydrogen) atoms. The fraction of sp³-hybridized carbons (Fsp3) is 0.538. The molecule has 0 bridgehead atoms. The third kappa shape index (κ3) is 2.63. The molecule has 1 N–H and O–H groups in total. The highest BCUT2D eigenvalue weighted by atomic mass is 32.1. The second-order valence-corrected chi connectivity index (χ2v) is 6.05. The maximum atomic E-state index is 5.58. The van der Waals surface area contributed by atoms with Crippen LogP contribution in [-0.2, 0) is 11.2 Å². The van der Waals surface area contributed by atoms with Crippen LogP contribution in [0, 0.1) is 5.92 Å². The molecule has 1 fully saturated rings. The lowest BCUT2D eigenvalue weighted by Gasteiger charge is -2.20. The SMILES string of the molecule is S=C(NCC1CCCO1)C1C=Nc2sccc2C1. The minimum absolute atomic E-state index is 0.239. The number of nitrogens with zero attached hydrogens (tertiary/aromatic N) is 1. The van der Waals surface area contributed by atoms with Gasteiger partial charge < -0.3 is 10.1 Å². The molecule has 1 aromatic heterocycles. The fourth-order valence-electron chi connectivity index (χ4n) is 2.35. The fourth-order valence-corrected chi connectivity index (χ4v) is 3.37. The standard InChI is InChI=1S/C13H16N2OS2/c17-12(14-8-11-2-1-4-16-11)10-6-9-3-5-18-13(9)15-7-10/h3,5,7,10-11H,1-2,4,6,8H2,(H,14,17). The molecule has 0 spiro atoms. The van der Waals surface area contributed by atoms with Crippen molar-refractivity contribution in [3.63, 3.8) is 0 Å². The second kappa shape index (κ2) is 5.47. The number of nitrogens with one attached hydrogen (secondary N) is 1. The van der Waals surface area contributed by atoms with Crippen LogP contribution in [0.4, 0.5) is 5.00 Å². The lowest BCUT2D eigenvalue weighted by molar-refractivity contribution is 0.114. The molecule has 0 aromatic carbocycles. The van der Waals surface area contributed by atoms with E-state index in [1.807, 2.05) is 6.21 Å². The summed E-state index contributed by atoms with van der Waals surface area (Å²) in [5, 5.41) is 6.56. The van der Waals surface area contributed by atoms with Crippen molar-refractivity contribution >= 4 is 39.8 Å². The topological polar surface area (TPSA) is 33.6 Å². The van der Waals surface area contributed by atoms with Gasteiger partial charge in [0.1, 0.15) is 5.00 Å². The monoisotopic (exact) mass is 280 g/mol. The van der Waals surface area contributed by atoms with E-state index in [9.17, 15) is 0 Å². The van der Waals surface area contributed by atoms with E-state index >= 15 is 0 Å². The zero-order valence-electron chi connectivity index (χ0n) is 10.1. The highest BCUT2D eigenvalue weighted by Crippen LogP contribution is 2.31. The highest BCUT2D eigenvalue weighted by Gasteiger charge is 2.21. The van der Waals surface area contributed by atoms with Gasteiger partial charge in [-0.25, -0.2) is 4.99 Å². The predicted molar refractivity (Wildman–Crippen MR) is 79.2 cm³/mol. The van der Waals surface area contributed by atoms with Crippen molar-refractivity contribution in [2.24, 2.45) is 10.9 Å². The van der Waals surface area contributed by atoms with Crippen LogP contribution < -0.4 is 5.32 Å². The van der Waals surface area contributed by atoms with Gasteiger partial charge in [0.15, 0.2) is 0 Å². The number of hydrogen-bond donors (Lipinski definition) is 1. The van der Waals surface area contributed by atoms with Crippen LogP contribution in [-0.4, -0.2) is 30.5 Å². The van der Waals surface area contributed by atoms with Gasteiger partial charge >= 0.3 is 0 Å². The molecule has 1 saturated heterocycles. The van der Waals surface area contributed by atoms with Crippen LogP contribution in [0.5, 0.6) is 0 Å². The van der Waals surface area contributed by atoms with Gasteiger partial charge in [-0.05, 0) is 36.3 Å². The highest BCUT2D eigenvalue weighted by molar-refractivity contribution is 7.80. The molecule has 3 rings (SSSR count). The first-order chi connectivity index (χ1) is 8.83.